The molecule has 3 atom stereocenters. The van der Waals surface area contributed by atoms with Gasteiger partial charge in [0, 0.05) is 25.2 Å². The molecule has 2 aliphatic carbocycles. The summed E-state index contributed by atoms with van der Waals surface area (Å²) in [7, 11) is 1.91. The largest absolute Gasteiger partial charge is 0.327 e. The van der Waals surface area contributed by atoms with Gasteiger partial charge in [-0.2, -0.15) is 0 Å². The predicted octanol–water partition coefficient (Wildman–Crippen LogP) is 1.20. The molecule has 0 aliphatic heterocycles. The van der Waals surface area contributed by atoms with Gasteiger partial charge in [0.1, 0.15) is 0 Å². The van der Waals surface area contributed by atoms with E-state index in [4.69, 9.17) is 5.73 Å². The first-order valence-electron chi connectivity index (χ1n) is 4.52. The Morgan fingerprint density at radius 1 is 1.45 bits per heavy atom. The van der Waals surface area contributed by atoms with Crippen molar-refractivity contribution in [3.63, 3.8) is 0 Å². The molecule has 2 N–H and O–H groups in total. The highest BCUT2D eigenvalue weighted by Gasteiger charge is 2.39. The zero-order chi connectivity index (χ0) is 7.84. The van der Waals surface area contributed by atoms with E-state index in [9.17, 15) is 0 Å². The van der Waals surface area contributed by atoms with E-state index in [0.29, 0.717) is 6.04 Å². The van der Waals surface area contributed by atoms with Gasteiger partial charge in [-0.05, 0) is 31.1 Å². The summed E-state index contributed by atoms with van der Waals surface area (Å²) in [6, 6.07) is 0.398. The van der Waals surface area contributed by atoms with Crippen molar-refractivity contribution in [1.29, 1.82) is 0 Å². The van der Waals surface area contributed by atoms with Gasteiger partial charge in [0.2, 0.25) is 0 Å². The summed E-state index contributed by atoms with van der Waals surface area (Å²) in [5, 5.41) is 0. The maximum atomic E-state index is 5.91. The van der Waals surface area contributed by atoms with E-state index in [1.165, 1.54) is 25.0 Å². The van der Waals surface area contributed by atoms with Crippen LogP contribution in [-0.2, 0) is 0 Å². The van der Waals surface area contributed by atoms with Crippen molar-refractivity contribution in [1.82, 2.24) is 0 Å². The Bertz CT molecular complexity index is 186. The summed E-state index contributed by atoms with van der Waals surface area (Å²) >= 11 is 0. The topological polar surface area (TPSA) is 38.4 Å². The quantitative estimate of drug-likeness (QED) is 0.556. The molecule has 0 bridgehead atoms. The average molecular weight is 152 g/mol. The Morgan fingerprint density at radius 3 is 2.82 bits per heavy atom. The van der Waals surface area contributed by atoms with E-state index in [1.54, 1.807) is 0 Å². The molecule has 62 valence electrons. The molecule has 0 spiro atoms. The molecular formula is C9H16N2. The first-order valence-corrected chi connectivity index (χ1v) is 4.52. The summed E-state index contributed by atoms with van der Waals surface area (Å²) in [5.41, 5.74) is 7.30. The van der Waals surface area contributed by atoms with Crippen molar-refractivity contribution >= 4 is 5.71 Å². The molecule has 2 fully saturated rings. The number of aliphatic imine (C=N–C) groups is 1. The van der Waals surface area contributed by atoms with Crippen LogP contribution in [0.5, 0.6) is 0 Å². The Labute approximate surface area is 67.9 Å². The van der Waals surface area contributed by atoms with Gasteiger partial charge in [0.15, 0.2) is 0 Å². The summed E-state index contributed by atoms with van der Waals surface area (Å²) in [5.74, 6) is 1.71. The molecule has 2 saturated carbocycles. The highest BCUT2D eigenvalue weighted by atomic mass is 14.8. The molecule has 0 saturated heterocycles. The number of hydrogen-bond donors (Lipinski definition) is 1. The van der Waals surface area contributed by atoms with Crippen molar-refractivity contribution in [3.8, 4) is 0 Å². The maximum absolute atomic E-state index is 5.91. The number of nitrogens with zero attached hydrogens (tertiary/aromatic N) is 1. The van der Waals surface area contributed by atoms with Gasteiger partial charge in [0.25, 0.3) is 0 Å². The van der Waals surface area contributed by atoms with Crippen molar-refractivity contribution < 1.29 is 0 Å². The number of fused-ring (bicyclic) bond motifs is 1. The van der Waals surface area contributed by atoms with E-state index >= 15 is 0 Å². The number of rotatable bonds is 0. The molecule has 2 rings (SSSR count). The molecule has 0 aromatic heterocycles. The van der Waals surface area contributed by atoms with Gasteiger partial charge < -0.3 is 5.73 Å². The van der Waals surface area contributed by atoms with Crippen molar-refractivity contribution in [2.75, 3.05) is 7.05 Å². The van der Waals surface area contributed by atoms with Gasteiger partial charge >= 0.3 is 0 Å². The van der Waals surface area contributed by atoms with E-state index in [0.717, 1.165) is 18.3 Å². The van der Waals surface area contributed by atoms with E-state index < -0.39 is 0 Å². The molecular weight excluding hydrogens is 136 g/mol. The van der Waals surface area contributed by atoms with Crippen LogP contribution in [0.2, 0.25) is 0 Å². The third-order valence-corrected chi connectivity index (χ3v) is 3.21. The second-order valence-corrected chi connectivity index (χ2v) is 3.86. The van der Waals surface area contributed by atoms with Crippen LogP contribution in [0.15, 0.2) is 4.99 Å². The van der Waals surface area contributed by atoms with Crippen molar-refractivity contribution in [2.24, 2.45) is 22.6 Å². The number of hydrogen-bond acceptors (Lipinski definition) is 2. The van der Waals surface area contributed by atoms with E-state index in [-0.39, 0.29) is 0 Å². The predicted molar refractivity (Wildman–Crippen MR) is 46.8 cm³/mol. The lowest BCUT2D eigenvalue weighted by Crippen LogP contribution is -2.44. The fourth-order valence-electron chi connectivity index (χ4n) is 2.44. The summed E-state index contributed by atoms with van der Waals surface area (Å²) in [6.45, 7) is 0. The Balaban J connectivity index is 2.10. The summed E-state index contributed by atoms with van der Waals surface area (Å²) < 4.78 is 0. The van der Waals surface area contributed by atoms with Gasteiger partial charge in [-0.15, -0.1) is 0 Å². The van der Waals surface area contributed by atoms with Gasteiger partial charge in [-0.25, -0.2) is 0 Å². The maximum Gasteiger partial charge on any atom is 0.0276 e. The van der Waals surface area contributed by atoms with Crippen LogP contribution in [0.25, 0.3) is 0 Å². The summed E-state index contributed by atoms with van der Waals surface area (Å²) in [4.78, 5) is 4.32. The zero-order valence-corrected chi connectivity index (χ0v) is 7.09. The molecule has 0 aromatic rings. The van der Waals surface area contributed by atoms with Gasteiger partial charge in [0.05, 0.1) is 0 Å². The second-order valence-electron chi connectivity index (χ2n) is 3.86. The van der Waals surface area contributed by atoms with Crippen LogP contribution < -0.4 is 5.73 Å². The van der Waals surface area contributed by atoms with E-state index in [2.05, 4.69) is 4.99 Å². The third kappa shape index (κ3) is 1.09. The molecule has 0 radical (unpaired) electrons. The van der Waals surface area contributed by atoms with Crippen molar-refractivity contribution in [2.45, 2.75) is 31.7 Å². The Hall–Kier alpha value is -0.370. The van der Waals surface area contributed by atoms with Crippen LogP contribution in [-0.4, -0.2) is 18.8 Å². The lowest BCUT2D eigenvalue weighted by atomic mass is 9.63. The van der Waals surface area contributed by atoms with Crippen LogP contribution in [0.4, 0.5) is 0 Å². The standard InChI is InChI=1S/C9H16N2/c1-11-9-5-7(10)4-6-2-3-8(6)9/h6-8H,2-5,10H2,1H3. The smallest absolute Gasteiger partial charge is 0.0276 e. The molecule has 2 aliphatic rings. The molecule has 0 amide bonds. The SMILES string of the molecule is CN=C1CC(N)CC2CCC12. The normalized spacial score (nSPS) is 46.7. The lowest BCUT2D eigenvalue weighted by molar-refractivity contribution is 0.195. The molecule has 0 heterocycles. The number of nitrogens with two attached hydrogens (primary N) is 1. The highest BCUT2D eigenvalue weighted by molar-refractivity contribution is 5.89. The molecule has 3 unspecified atom stereocenters. The van der Waals surface area contributed by atoms with Crippen molar-refractivity contribution in [3.05, 3.63) is 0 Å². The fraction of sp³-hybridized carbons (Fsp3) is 0.889. The zero-order valence-electron chi connectivity index (χ0n) is 7.09. The van der Waals surface area contributed by atoms with Crippen LogP contribution in [0.1, 0.15) is 25.7 Å². The summed E-state index contributed by atoms with van der Waals surface area (Å²) in [6.07, 6.45) is 5.04. The van der Waals surface area contributed by atoms with E-state index in [1.807, 2.05) is 7.05 Å². The van der Waals surface area contributed by atoms with Crippen LogP contribution >= 0.6 is 0 Å². The van der Waals surface area contributed by atoms with Crippen LogP contribution in [0.3, 0.4) is 0 Å². The molecule has 11 heavy (non-hydrogen) atoms. The average Bonchev–Trinajstić information content (AvgIpc) is 1.95. The van der Waals surface area contributed by atoms with Gasteiger partial charge in [-0.3, -0.25) is 4.99 Å². The molecule has 2 nitrogen and oxygen atoms in total. The third-order valence-electron chi connectivity index (χ3n) is 3.21. The van der Waals surface area contributed by atoms with Crippen LogP contribution in [0, 0.1) is 11.8 Å². The molecule has 0 aromatic carbocycles. The minimum Gasteiger partial charge on any atom is -0.327 e. The second kappa shape index (κ2) is 2.59. The minimum absolute atomic E-state index is 0.398. The Kier molecular flexibility index (Phi) is 1.72. The highest BCUT2D eigenvalue weighted by Crippen LogP contribution is 2.42. The fourth-order valence-corrected chi connectivity index (χ4v) is 2.44. The van der Waals surface area contributed by atoms with Gasteiger partial charge in [-0.1, -0.05) is 0 Å². The Morgan fingerprint density at radius 2 is 2.27 bits per heavy atom. The molecule has 2 heteroatoms. The lowest BCUT2D eigenvalue weighted by Gasteiger charge is -2.43. The monoisotopic (exact) mass is 152 g/mol. The minimum atomic E-state index is 0.398. The first-order chi connectivity index (χ1) is 5.31. The first kappa shape index (κ1) is 7.29.